The van der Waals surface area contributed by atoms with Crippen molar-refractivity contribution in [1.29, 1.82) is 0 Å². The van der Waals surface area contributed by atoms with Crippen LogP contribution in [0.2, 0.25) is 0 Å². The van der Waals surface area contributed by atoms with Crippen LogP contribution in [-0.4, -0.2) is 30.9 Å². The van der Waals surface area contributed by atoms with Crippen molar-refractivity contribution in [2.45, 2.75) is 19.6 Å². The van der Waals surface area contributed by atoms with Gasteiger partial charge in [0.1, 0.15) is 17.9 Å². The Bertz CT molecular complexity index is 984. The normalized spacial score (nSPS) is 11.4. The molecule has 2 heterocycles. The van der Waals surface area contributed by atoms with Gasteiger partial charge in [-0.15, -0.1) is 5.10 Å². The molecule has 0 aliphatic carbocycles. The van der Waals surface area contributed by atoms with E-state index in [0.29, 0.717) is 16.9 Å². The lowest BCUT2D eigenvalue weighted by molar-refractivity contribution is -0.141. The average molecular weight is 377 g/mol. The number of primary amides is 1. The molecule has 0 bridgehead atoms. The molecule has 0 spiro atoms. The molecule has 0 fully saturated rings. The van der Waals surface area contributed by atoms with Gasteiger partial charge in [0.25, 0.3) is 0 Å². The predicted molar refractivity (Wildman–Crippen MR) is 89.7 cm³/mol. The first-order valence-electron chi connectivity index (χ1n) is 7.68. The van der Waals surface area contributed by atoms with Crippen LogP contribution in [0.15, 0.2) is 36.7 Å². The minimum Gasteiger partial charge on any atom is -0.368 e. The number of hydrogen-bond acceptors (Lipinski definition) is 6. The maximum Gasteiger partial charge on any atom is 0.433 e. The van der Waals surface area contributed by atoms with Crippen LogP contribution < -0.4 is 11.1 Å². The monoisotopic (exact) mass is 377 g/mol. The van der Waals surface area contributed by atoms with Gasteiger partial charge in [0.15, 0.2) is 0 Å². The Hall–Kier alpha value is -3.50. The van der Waals surface area contributed by atoms with Gasteiger partial charge in [0, 0.05) is 17.4 Å². The highest BCUT2D eigenvalue weighted by Gasteiger charge is 2.32. The molecule has 0 saturated heterocycles. The number of nitrogens with one attached hydrogen (secondary N) is 1. The van der Waals surface area contributed by atoms with Gasteiger partial charge in [-0.3, -0.25) is 4.79 Å². The second-order valence-corrected chi connectivity index (χ2v) is 5.74. The summed E-state index contributed by atoms with van der Waals surface area (Å²) in [6.07, 6.45) is -1.98. The van der Waals surface area contributed by atoms with Crippen LogP contribution in [0.1, 0.15) is 11.3 Å². The van der Waals surface area contributed by atoms with E-state index < -0.39 is 17.8 Å². The van der Waals surface area contributed by atoms with Gasteiger partial charge < -0.3 is 11.1 Å². The molecule has 27 heavy (non-hydrogen) atoms. The molecule has 0 aliphatic rings. The molecule has 0 aliphatic heterocycles. The van der Waals surface area contributed by atoms with Crippen LogP contribution >= 0.6 is 0 Å². The number of nitrogens with zero attached hydrogens (tertiary/aromatic N) is 5. The van der Waals surface area contributed by atoms with E-state index in [0.717, 1.165) is 17.8 Å². The molecule has 8 nitrogen and oxygen atoms in total. The van der Waals surface area contributed by atoms with Crippen molar-refractivity contribution in [3.8, 4) is 11.3 Å². The number of anilines is 2. The third kappa shape index (κ3) is 4.57. The van der Waals surface area contributed by atoms with Gasteiger partial charge in [-0.2, -0.15) is 13.2 Å². The molecule has 3 rings (SSSR count). The first-order valence-corrected chi connectivity index (χ1v) is 7.68. The SMILES string of the molecule is Cc1cc(Nc2nccc(C(F)(F)F)n2)cc(-c2cn(CC(N)=O)nn2)c1. The molecular formula is C16H14F3N7O. The van der Waals surface area contributed by atoms with E-state index in [1.165, 1.54) is 4.68 Å². The Kier molecular flexibility index (Phi) is 4.75. The average Bonchev–Trinajstić information content (AvgIpc) is 3.01. The molecule has 1 aromatic carbocycles. The van der Waals surface area contributed by atoms with E-state index in [-0.39, 0.29) is 12.5 Å². The number of benzene rings is 1. The number of aryl methyl sites for hydroxylation is 1. The van der Waals surface area contributed by atoms with E-state index in [4.69, 9.17) is 5.73 Å². The summed E-state index contributed by atoms with van der Waals surface area (Å²) in [5, 5.41) is 10.5. The maximum atomic E-state index is 12.8. The molecular weight excluding hydrogens is 363 g/mol. The number of halogens is 3. The van der Waals surface area contributed by atoms with E-state index in [1.807, 2.05) is 13.0 Å². The van der Waals surface area contributed by atoms with E-state index in [1.54, 1.807) is 18.3 Å². The van der Waals surface area contributed by atoms with Gasteiger partial charge >= 0.3 is 6.18 Å². The quantitative estimate of drug-likeness (QED) is 0.706. The number of amides is 1. The molecule has 2 aromatic heterocycles. The summed E-state index contributed by atoms with van der Waals surface area (Å²) in [5.74, 6) is -0.737. The maximum absolute atomic E-state index is 12.8. The molecule has 0 unspecified atom stereocenters. The second-order valence-electron chi connectivity index (χ2n) is 5.74. The third-order valence-electron chi connectivity index (χ3n) is 3.43. The Balaban J connectivity index is 1.88. The van der Waals surface area contributed by atoms with Crippen LogP contribution in [-0.2, 0) is 17.5 Å². The van der Waals surface area contributed by atoms with Gasteiger partial charge in [0.2, 0.25) is 11.9 Å². The zero-order valence-corrected chi connectivity index (χ0v) is 14.0. The zero-order chi connectivity index (χ0) is 19.6. The lowest BCUT2D eigenvalue weighted by Gasteiger charge is -2.10. The van der Waals surface area contributed by atoms with Gasteiger partial charge in [-0.1, -0.05) is 5.21 Å². The van der Waals surface area contributed by atoms with Gasteiger partial charge in [0.05, 0.1) is 6.20 Å². The summed E-state index contributed by atoms with van der Waals surface area (Å²) < 4.78 is 39.6. The van der Waals surface area contributed by atoms with Crippen molar-refractivity contribution < 1.29 is 18.0 Å². The van der Waals surface area contributed by atoms with E-state index in [9.17, 15) is 18.0 Å². The first kappa shape index (κ1) is 18.3. The van der Waals surface area contributed by atoms with E-state index in [2.05, 4.69) is 25.6 Å². The van der Waals surface area contributed by atoms with Crippen LogP contribution in [0.4, 0.5) is 24.8 Å². The predicted octanol–water partition coefficient (Wildman–Crippen LogP) is 2.29. The number of aromatic nitrogens is 5. The molecule has 1 amide bonds. The van der Waals surface area contributed by atoms with Gasteiger partial charge in [-0.25, -0.2) is 14.6 Å². The third-order valence-corrected chi connectivity index (χ3v) is 3.43. The second kappa shape index (κ2) is 7.02. The minimum atomic E-state index is -4.56. The largest absolute Gasteiger partial charge is 0.433 e. The number of alkyl halides is 3. The Morgan fingerprint density at radius 2 is 2.07 bits per heavy atom. The highest BCUT2D eigenvalue weighted by Crippen LogP contribution is 2.29. The number of carbonyl (C=O) groups excluding carboxylic acids is 1. The van der Waals surface area contributed by atoms with Crippen molar-refractivity contribution in [2.75, 3.05) is 5.32 Å². The summed E-state index contributed by atoms with van der Waals surface area (Å²) in [6.45, 7) is 1.71. The molecule has 0 atom stereocenters. The highest BCUT2D eigenvalue weighted by atomic mass is 19.4. The fourth-order valence-corrected chi connectivity index (χ4v) is 2.38. The molecule has 0 radical (unpaired) electrons. The van der Waals surface area contributed by atoms with Crippen LogP contribution in [0.5, 0.6) is 0 Å². The van der Waals surface area contributed by atoms with Crippen molar-refractivity contribution in [3.05, 3.63) is 47.9 Å². The van der Waals surface area contributed by atoms with Crippen LogP contribution in [0.25, 0.3) is 11.3 Å². The smallest absolute Gasteiger partial charge is 0.368 e. The molecule has 3 aromatic rings. The standard InChI is InChI=1S/C16H14F3N7O/c1-9-4-10(12-7-26(25-24-12)8-14(20)27)6-11(5-9)22-15-21-3-2-13(23-15)16(17,18)19/h2-7H,8H2,1H3,(H2,20,27)(H,21,22,23). The Labute approximate surface area is 151 Å². The molecule has 0 saturated carbocycles. The van der Waals surface area contributed by atoms with E-state index >= 15 is 0 Å². The van der Waals surface area contributed by atoms with Crippen molar-refractivity contribution in [2.24, 2.45) is 5.73 Å². The summed E-state index contributed by atoms with van der Waals surface area (Å²) in [5.41, 5.74) is 6.52. The number of rotatable bonds is 5. The van der Waals surface area contributed by atoms with Crippen molar-refractivity contribution in [1.82, 2.24) is 25.0 Å². The van der Waals surface area contributed by atoms with Crippen molar-refractivity contribution in [3.63, 3.8) is 0 Å². The van der Waals surface area contributed by atoms with Crippen LogP contribution in [0.3, 0.4) is 0 Å². The van der Waals surface area contributed by atoms with Crippen LogP contribution in [0, 0.1) is 6.92 Å². The first-order chi connectivity index (χ1) is 12.7. The molecule has 3 N–H and O–H groups in total. The fraction of sp³-hybridized carbons (Fsp3) is 0.188. The number of hydrogen-bond donors (Lipinski definition) is 2. The van der Waals surface area contributed by atoms with Gasteiger partial charge in [-0.05, 0) is 36.8 Å². The summed E-state index contributed by atoms with van der Waals surface area (Å²) in [6, 6.07) is 6.00. The lowest BCUT2D eigenvalue weighted by atomic mass is 10.1. The Morgan fingerprint density at radius 1 is 1.30 bits per heavy atom. The van der Waals surface area contributed by atoms with Crippen molar-refractivity contribution >= 4 is 17.5 Å². The Morgan fingerprint density at radius 3 is 2.78 bits per heavy atom. The topological polar surface area (TPSA) is 112 Å². The zero-order valence-electron chi connectivity index (χ0n) is 14.0. The minimum absolute atomic E-state index is 0.109. The fourth-order valence-electron chi connectivity index (χ4n) is 2.38. The summed E-state index contributed by atoms with van der Waals surface area (Å²) >= 11 is 0. The highest BCUT2D eigenvalue weighted by molar-refractivity contribution is 5.73. The molecule has 140 valence electrons. The lowest BCUT2D eigenvalue weighted by Crippen LogP contribution is -2.18. The number of nitrogens with two attached hydrogens (primary N) is 1. The number of carbonyl (C=O) groups is 1. The summed E-state index contributed by atoms with van der Waals surface area (Å²) in [4.78, 5) is 18.2. The summed E-state index contributed by atoms with van der Waals surface area (Å²) in [7, 11) is 0. The molecule has 11 heteroatoms.